The molecule has 0 fully saturated rings. The SMILES string of the molecule is CC(=O)OCc1c(O)cc2c(c1C(=O)OC(C)(C(=O)O)C(=O)O)C1(OC(=O)c3ccccc31)c1ccc(O)cc1O2. The topological polar surface area (TPSA) is 203 Å². The lowest BCUT2D eigenvalue weighted by molar-refractivity contribution is -0.174. The highest BCUT2D eigenvalue weighted by Crippen LogP contribution is 2.59. The molecule has 2 heterocycles. The first-order valence-corrected chi connectivity index (χ1v) is 11.9. The maximum absolute atomic E-state index is 13.8. The van der Waals surface area contributed by atoms with Crippen molar-refractivity contribution in [2.75, 3.05) is 0 Å². The van der Waals surface area contributed by atoms with Gasteiger partial charge in [0.05, 0.1) is 16.7 Å². The summed E-state index contributed by atoms with van der Waals surface area (Å²) in [6, 6.07) is 11.0. The minimum atomic E-state index is -3.09. The third kappa shape index (κ3) is 3.97. The van der Waals surface area contributed by atoms with Crippen LogP contribution in [0.4, 0.5) is 0 Å². The van der Waals surface area contributed by atoms with Gasteiger partial charge in [0.2, 0.25) is 0 Å². The molecule has 13 heteroatoms. The Labute approximate surface area is 230 Å². The van der Waals surface area contributed by atoms with Gasteiger partial charge in [-0.15, -0.1) is 0 Å². The van der Waals surface area contributed by atoms with Gasteiger partial charge in [-0.05, 0) is 25.1 Å². The van der Waals surface area contributed by atoms with Crippen molar-refractivity contribution in [3.63, 3.8) is 0 Å². The molecule has 0 amide bonds. The first-order valence-electron chi connectivity index (χ1n) is 11.9. The Morgan fingerprint density at radius 3 is 2.29 bits per heavy atom. The summed E-state index contributed by atoms with van der Waals surface area (Å²) in [6.45, 7) is 0.942. The molecule has 1 unspecified atom stereocenters. The quantitative estimate of drug-likeness (QED) is 0.193. The van der Waals surface area contributed by atoms with Crippen molar-refractivity contribution in [3.05, 3.63) is 81.9 Å². The summed E-state index contributed by atoms with van der Waals surface area (Å²) < 4.78 is 21.9. The molecule has 41 heavy (non-hydrogen) atoms. The molecule has 2 aliphatic rings. The number of ether oxygens (including phenoxy) is 4. The number of carbonyl (C=O) groups is 5. The Morgan fingerprint density at radius 1 is 0.951 bits per heavy atom. The highest BCUT2D eigenvalue weighted by atomic mass is 16.6. The summed E-state index contributed by atoms with van der Waals surface area (Å²) in [4.78, 5) is 62.3. The molecule has 1 spiro atoms. The second-order valence-electron chi connectivity index (χ2n) is 9.33. The average Bonchev–Trinajstić information content (AvgIpc) is 3.19. The number of esters is 3. The highest BCUT2D eigenvalue weighted by Gasteiger charge is 2.57. The number of hydrogen-bond acceptors (Lipinski definition) is 11. The summed E-state index contributed by atoms with van der Waals surface area (Å²) >= 11 is 0. The van der Waals surface area contributed by atoms with Gasteiger partial charge >= 0.3 is 35.4 Å². The normalized spacial score (nSPS) is 16.5. The number of phenolic OH excluding ortho intramolecular Hbond substituents is 2. The van der Waals surface area contributed by atoms with E-state index in [0.717, 1.165) is 13.0 Å². The Morgan fingerprint density at radius 2 is 1.63 bits per heavy atom. The Hall–Kier alpha value is -5.59. The fourth-order valence-corrected chi connectivity index (χ4v) is 4.82. The number of aliphatic carboxylic acids is 2. The standard InChI is InChI=1S/C28H20O13/c1-12(29)38-11-15-18(31)10-20-22(21(15)24(33)40-27(2,25(34)35)26(36)37)28(17-8-7-13(30)9-19(17)39-20)16-6-4-3-5-14(16)23(32)41-28/h3-10,30-31H,11H2,1-2H3,(H,34,35)(H,36,37). The molecule has 0 bridgehead atoms. The van der Waals surface area contributed by atoms with Crippen LogP contribution in [0.3, 0.4) is 0 Å². The number of carboxylic acid groups (broad SMARTS) is 2. The fraction of sp³-hybridized carbons (Fsp3) is 0.179. The van der Waals surface area contributed by atoms with Gasteiger partial charge in [0, 0.05) is 35.7 Å². The molecule has 2 aliphatic heterocycles. The van der Waals surface area contributed by atoms with Gasteiger partial charge in [-0.3, -0.25) is 4.79 Å². The first-order chi connectivity index (χ1) is 19.3. The predicted molar refractivity (Wildman–Crippen MR) is 133 cm³/mol. The second-order valence-corrected chi connectivity index (χ2v) is 9.33. The van der Waals surface area contributed by atoms with E-state index in [-0.39, 0.29) is 39.5 Å². The van der Waals surface area contributed by atoms with Crippen LogP contribution < -0.4 is 4.74 Å². The number of fused-ring (bicyclic) bond motifs is 6. The van der Waals surface area contributed by atoms with Gasteiger partial charge in [0.1, 0.15) is 29.6 Å². The van der Waals surface area contributed by atoms with Crippen molar-refractivity contribution < 1.29 is 63.3 Å². The van der Waals surface area contributed by atoms with E-state index in [2.05, 4.69) is 0 Å². The molecular weight excluding hydrogens is 544 g/mol. The van der Waals surface area contributed by atoms with E-state index in [1.807, 2.05) is 0 Å². The Balaban J connectivity index is 1.89. The highest BCUT2D eigenvalue weighted by molar-refractivity contribution is 6.06. The van der Waals surface area contributed by atoms with Crippen LogP contribution in [0.1, 0.15) is 56.8 Å². The Kier molecular flexibility index (Phi) is 6.10. The molecule has 3 aromatic carbocycles. The molecule has 13 nitrogen and oxygen atoms in total. The summed E-state index contributed by atoms with van der Waals surface area (Å²) in [5.74, 6) is -8.44. The van der Waals surface area contributed by atoms with Gasteiger partial charge in [-0.25, -0.2) is 19.2 Å². The zero-order chi connectivity index (χ0) is 29.9. The van der Waals surface area contributed by atoms with Crippen LogP contribution in [-0.4, -0.2) is 55.9 Å². The molecule has 210 valence electrons. The van der Waals surface area contributed by atoms with E-state index in [1.54, 1.807) is 12.1 Å². The third-order valence-corrected chi connectivity index (χ3v) is 6.80. The maximum atomic E-state index is 13.8. The number of carboxylic acids is 2. The molecule has 0 aromatic heterocycles. The summed E-state index contributed by atoms with van der Waals surface area (Å²) in [7, 11) is 0. The van der Waals surface area contributed by atoms with Gasteiger partial charge in [0.15, 0.2) is 5.60 Å². The van der Waals surface area contributed by atoms with Crippen LogP contribution in [0.2, 0.25) is 0 Å². The molecule has 0 radical (unpaired) electrons. The van der Waals surface area contributed by atoms with E-state index < -0.39 is 64.5 Å². The molecule has 0 aliphatic carbocycles. The third-order valence-electron chi connectivity index (χ3n) is 6.80. The second kappa shape index (κ2) is 9.26. The molecular formula is C28H20O13. The van der Waals surface area contributed by atoms with Crippen molar-refractivity contribution in [2.45, 2.75) is 31.7 Å². The zero-order valence-electron chi connectivity index (χ0n) is 21.3. The van der Waals surface area contributed by atoms with E-state index in [4.69, 9.17) is 18.9 Å². The van der Waals surface area contributed by atoms with E-state index >= 15 is 0 Å². The lowest BCUT2D eigenvalue weighted by atomic mass is 9.74. The number of hydrogen-bond donors (Lipinski definition) is 4. The average molecular weight is 564 g/mol. The van der Waals surface area contributed by atoms with Crippen molar-refractivity contribution in [3.8, 4) is 23.0 Å². The Bertz CT molecular complexity index is 1670. The van der Waals surface area contributed by atoms with Crippen LogP contribution in [0.5, 0.6) is 23.0 Å². The summed E-state index contributed by atoms with van der Waals surface area (Å²) in [5, 5.41) is 40.2. The van der Waals surface area contributed by atoms with E-state index in [1.165, 1.54) is 30.3 Å². The van der Waals surface area contributed by atoms with E-state index in [0.29, 0.717) is 6.92 Å². The van der Waals surface area contributed by atoms with Crippen molar-refractivity contribution in [2.24, 2.45) is 0 Å². The van der Waals surface area contributed by atoms with Crippen LogP contribution in [0.25, 0.3) is 0 Å². The fourth-order valence-electron chi connectivity index (χ4n) is 4.82. The van der Waals surface area contributed by atoms with Crippen molar-refractivity contribution in [1.29, 1.82) is 0 Å². The number of aromatic hydroxyl groups is 2. The maximum Gasteiger partial charge on any atom is 0.359 e. The summed E-state index contributed by atoms with van der Waals surface area (Å²) in [5.41, 5.74) is -6.01. The lowest BCUT2D eigenvalue weighted by Gasteiger charge is -2.38. The minimum Gasteiger partial charge on any atom is -0.508 e. The van der Waals surface area contributed by atoms with Crippen LogP contribution >= 0.6 is 0 Å². The van der Waals surface area contributed by atoms with Gasteiger partial charge in [0.25, 0.3) is 0 Å². The van der Waals surface area contributed by atoms with Crippen molar-refractivity contribution in [1.82, 2.24) is 0 Å². The largest absolute Gasteiger partial charge is 0.508 e. The first kappa shape index (κ1) is 27.0. The number of phenols is 2. The van der Waals surface area contributed by atoms with Gasteiger partial charge in [-0.2, -0.15) is 0 Å². The molecule has 0 saturated heterocycles. The van der Waals surface area contributed by atoms with Gasteiger partial charge < -0.3 is 39.4 Å². The molecule has 4 N–H and O–H groups in total. The monoisotopic (exact) mass is 564 g/mol. The van der Waals surface area contributed by atoms with Crippen LogP contribution in [0.15, 0.2) is 48.5 Å². The van der Waals surface area contributed by atoms with Crippen LogP contribution in [-0.2, 0) is 40.8 Å². The minimum absolute atomic E-state index is 0.0191. The molecule has 1 atom stereocenters. The summed E-state index contributed by atoms with van der Waals surface area (Å²) in [6.07, 6.45) is 0. The van der Waals surface area contributed by atoms with Crippen molar-refractivity contribution >= 4 is 29.8 Å². The molecule has 3 aromatic rings. The lowest BCUT2D eigenvalue weighted by Crippen LogP contribution is -2.48. The van der Waals surface area contributed by atoms with Crippen LogP contribution in [0, 0.1) is 0 Å². The molecule has 5 rings (SSSR count). The van der Waals surface area contributed by atoms with E-state index in [9.17, 15) is 44.4 Å². The number of carbonyl (C=O) groups excluding carboxylic acids is 3. The number of rotatable bonds is 6. The number of benzene rings is 3. The zero-order valence-corrected chi connectivity index (χ0v) is 21.3. The smallest absolute Gasteiger partial charge is 0.359 e. The predicted octanol–water partition coefficient (Wildman–Crippen LogP) is 2.81. The molecule has 0 saturated carbocycles. The van der Waals surface area contributed by atoms with Gasteiger partial charge in [-0.1, -0.05) is 18.2 Å².